The number of likely N-dealkylation sites (tertiary alicyclic amines) is 1. The number of carbonyl (C=O) groups excluding carboxylic acids is 1. The number of hydrogen-bond donors (Lipinski definition) is 1. The van der Waals surface area contributed by atoms with Crippen LogP contribution in [0.4, 0.5) is 0 Å². The number of aliphatic hydroxyl groups excluding tert-OH is 1. The molecule has 5 nitrogen and oxygen atoms in total. The molecule has 1 fully saturated rings. The summed E-state index contributed by atoms with van der Waals surface area (Å²) in [4.78, 5) is 16.9. The van der Waals surface area contributed by atoms with Crippen LogP contribution in [0.2, 0.25) is 0 Å². The summed E-state index contributed by atoms with van der Waals surface area (Å²) in [5.41, 5.74) is 0.310. The van der Waals surface area contributed by atoms with Gasteiger partial charge in [0.15, 0.2) is 11.6 Å². The SMILES string of the molecule is Cc1nc(C(=O)N2CC(O)C2)co1. The molecular weight excluding hydrogens is 172 g/mol. The first-order valence-electron chi connectivity index (χ1n) is 4.06. The molecule has 13 heavy (non-hydrogen) atoms. The zero-order chi connectivity index (χ0) is 9.42. The van der Waals surface area contributed by atoms with Crippen LogP contribution in [0.5, 0.6) is 0 Å². The van der Waals surface area contributed by atoms with Crippen LogP contribution in [0.15, 0.2) is 10.7 Å². The maximum Gasteiger partial charge on any atom is 0.275 e. The number of aliphatic hydroxyl groups is 1. The fraction of sp³-hybridized carbons (Fsp3) is 0.500. The predicted octanol–water partition coefficient (Wildman–Crippen LogP) is -0.200. The Hall–Kier alpha value is -1.36. The van der Waals surface area contributed by atoms with Gasteiger partial charge in [-0.1, -0.05) is 0 Å². The van der Waals surface area contributed by atoms with Gasteiger partial charge in [0.25, 0.3) is 5.91 Å². The minimum Gasteiger partial charge on any atom is -0.448 e. The highest BCUT2D eigenvalue weighted by atomic mass is 16.3. The molecule has 2 heterocycles. The van der Waals surface area contributed by atoms with Crippen molar-refractivity contribution in [3.63, 3.8) is 0 Å². The van der Waals surface area contributed by atoms with Gasteiger partial charge in [-0.05, 0) is 0 Å². The Balaban J connectivity index is 2.06. The molecule has 5 heteroatoms. The molecule has 1 aromatic heterocycles. The molecule has 1 amide bonds. The lowest BCUT2D eigenvalue weighted by Crippen LogP contribution is -2.53. The van der Waals surface area contributed by atoms with Crippen molar-refractivity contribution in [3.8, 4) is 0 Å². The smallest absolute Gasteiger partial charge is 0.275 e. The lowest BCUT2D eigenvalue weighted by atomic mass is 10.1. The van der Waals surface area contributed by atoms with Gasteiger partial charge in [-0.25, -0.2) is 4.98 Å². The summed E-state index contributed by atoms with van der Waals surface area (Å²) in [7, 11) is 0. The van der Waals surface area contributed by atoms with Gasteiger partial charge in [0.05, 0.1) is 6.10 Å². The molecule has 0 aliphatic carbocycles. The van der Waals surface area contributed by atoms with Crippen LogP contribution in [0.25, 0.3) is 0 Å². The maximum atomic E-state index is 11.5. The summed E-state index contributed by atoms with van der Waals surface area (Å²) in [6.07, 6.45) is 0.958. The predicted molar refractivity (Wildman–Crippen MR) is 43.2 cm³/mol. The Morgan fingerprint density at radius 3 is 2.92 bits per heavy atom. The number of β-amino-alcohol motifs (C(OH)–C–C–N with tert-alkyl or cyclic N) is 1. The molecule has 0 radical (unpaired) electrons. The zero-order valence-electron chi connectivity index (χ0n) is 7.23. The van der Waals surface area contributed by atoms with E-state index in [9.17, 15) is 4.79 Å². The van der Waals surface area contributed by atoms with Crippen molar-refractivity contribution >= 4 is 5.91 Å². The van der Waals surface area contributed by atoms with E-state index in [1.807, 2.05) is 0 Å². The summed E-state index contributed by atoms with van der Waals surface area (Å²) in [6, 6.07) is 0. The maximum absolute atomic E-state index is 11.5. The molecule has 0 spiro atoms. The van der Waals surface area contributed by atoms with Gasteiger partial charge in [0.1, 0.15) is 6.26 Å². The van der Waals surface area contributed by atoms with E-state index in [1.165, 1.54) is 11.2 Å². The molecule has 0 atom stereocenters. The third-order valence-electron chi connectivity index (χ3n) is 1.99. The lowest BCUT2D eigenvalue weighted by Gasteiger charge is -2.35. The fourth-order valence-electron chi connectivity index (χ4n) is 1.24. The van der Waals surface area contributed by atoms with Gasteiger partial charge < -0.3 is 14.4 Å². The number of amides is 1. The fourth-order valence-corrected chi connectivity index (χ4v) is 1.24. The van der Waals surface area contributed by atoms with Crippen LogP contribution in [0.3, 0.4) is 0 Å². The molecule has 0 saturated carbocycles. The van der Waals surface area contributed by atoms with Gasteiger partial charge in [-0.3, -0.25) is 4.79 Å². The largest absolute Gasteiger partial charge is 0.448 e. The lowest BCUT2D eigenvalue weighted by molar-refractivity contribution is 0.00549. The molecule has 0 aromatic carbocycles. The van der Waals surface area contributed by atoms with Gasteiger partial charge in [-0.15, -0.1) is 0 Å². The van der Waals surface area contributed by atoms with Crippen molar-refractivity contribution < 1.29 is 14.3 Å². The van der Waals surface area contributed by atoms with Crippen LogP contribution in [-0.4, -0.2) is 40.1 Å². The Kier molecular flexibility index (Phi) is 1.81. The topological polar surface area (TPSA) is 66.6 Å². The Labute approximate surface area is 75.0 Å². The number of hydrogen-bond acceptors (Lipinski definition) is 4. The monoisotopic (exact) mass is 182 g/mol. The Bertz CT molecular complexity index is 328. The van der Waals surface area contributed by atoms with E-state index < -0.39 is 0 Å². The average molecular weight is 182 g/mol. The van der Waals surface area contributed by atoms with Crippen LogP contribution in [-0.2, 0) is 0 Å². The first-order chi connectivity index (χ1) is 6.16. The van der Waals surface area contributed by atoms with E-state index in [-0.39, 0.29) is 12.0 Å². The highest BCUT2D eigenvalue weighted by molar-refractivity contribution is 5.92. The molecule has 1 aromatic rings. The van der Waals surface area contributed by atoms with E-state index >= 15 is 0 Å². The molecule has 1 saturated heterocycles. The van der Waals surface area contributed by atoms with Crippen molar-refractivity contribution in [1.82, 2.24) is 9.88 Å². The van der Waals surface area contributed by atoms with Crippen molar-refractivity contribution in [2.75, 3.05) is 13.1 Å². The number of aromatic nitrogens is 1. The van der Waals surface area contributed by atoms with Gasteiger partial charge in [0.2, 0.25) is 0 Å². The standard InChI is InChI=1S/C8H10N2O3/c1-5-9-7(4-13-5)8(12)10-2-6(11)3-10/h4,6,11H,2-3H2,1H3. The third kappa shape index (κ3) is 1.42. The molecular formula is C8H10N2O3. The van der Waals surface area contributed by atoms with Crippen molar-refractivity contribution in [2.24, 2.45) is 0 Å². The molecule has 1 aliphatic heterocycles. The van der Waals surface area contributed by atoms with E-state index in [0.717, 1.165) is 0 Å². The summed E-state index contributed by atoms with van der Waals surface area (Å²) in [5.74, 6) is 0.298. The normalized spacial score (nSPS) is 17.2. The minimum absolute atomic E-state index is 0.179. The molecule has 1 N–H and O–H groups in total. The second-order valence-corrected chi connectivity index (χ2v) is 3.12. The molecule has 0 unspecified atom stereocenters. The number of oxazole rings is 1. The van der Waals surface area contributed by atoms with E-state index in [0.29, 0.717) is 24.7 Å². The first kappa shape index (κ1) is 8.25. The number of carbonyl (C=O) groups is 1. The summed E-state index contributed by atoms with van der Waals surface area (Å²) in [6.45, 7) is 2.47. The highest BCUT2D eigenvalue weighted by Crippen LogP contribution is 2.12. The summed E-state index contributed by atoms with van der Waals surface area (Å²) >= 11 is 0. The van der Waals surface area contributed by atoms with Crippen LogP contribution in [0.1, 0.15) is 16.4 Å². The quantitative estimate of drug-likeness (QED) is 0.653. The van der Waals surface area contributed by atoms with Gasteiger partial charge in [0, 0.05) is 20.0 Å². The molecule has 70 valence electrons. The molecule has 1 aliphatic rings. The van der Waals surface area contributed by atoms with E-state index in [2.05, 4.69) is 4.98 Å². The second kappa shape index (κ2) is 2.85. The summed E-state index contributed by atoms with van der Waals surface area (Å²) < 4.78 is 4.91. The van der Waals surface area contributed by atoms with Crippen LogP contribution < -0.4 is 0 Å². The van der Waals surface area contributed by atoms with Gasteiger partial charge in [-0.2, -0.15) is 0 Å². The Morgan fingerprint density at radius 2 is 2.46 bits per heavy atom. The van der Waals surface area contributed by atoms with E-state index in [4.69, 9.17) is 9.52 Å². The van der Waals surface area contributed by atoms with Crippen molar-refractivity contribution in [3.05, 3.63) is 17.8 Å². The van der Waals surface area contributed by atoms with Crippen molar-refractivity contribution in [1.29, 1.82) is 0 Å². The minimum atomic E-state index is -0.378. The van der Waals surface area contributed by atoms with Crippen molar-refractivity contribution in [2.45, 2.75) is 13.0 Å². The average Bonchev–Trinajstić information content (AvgIpc) is 2.45. The molecule has 2 rings (SSSR count). The highest BCUT2D eigenvalue weighted by Gasteiger charge is 2.30. The second-order valence-electron chi connectivity index (χ2n) is 3.12. The first-order valence-corrected chi connectivity index (χ1v) is 4.06. The summed E-state index contributed by atoms with van der Waals surface area (Å²) in [5, 5.41) is 8.98. The van der Waals surface area contributed by atoms with Crippen LogP contribution in [0, 0.1) is 6.92 Å². The van der Waals surface area contributed by atoms with Crippen LogP contribution >= 0.6 is 0 Å². The third-order valence-corrected chi connectivity index (χ3v) is 1.99. The number of nitrogens with zero attached hydrogens (tertiary/aromatic N) is 2. The van der Waals surface area contributed by atoms with Gasteiger partial charge >= 0.3 is 0 Å². The number of aryl methyl sites for hydroxylation is 1. The molecule has 0 bridgehead atoms. The number of rotatable bonds is 1. The zero-order valence-corrected chi connectivity index (χ0v) is 7.23. The Morgan fingerprint density at radius 1 is 1.77 bits per heavy atom. The van der Waals surface area contributed by atoms with E-state index in [1.54, 1.807) is 6.92 Å².